The predicted octanol–water partition coefficient (Wildman–Crippen LogP) is -0.159. The van der Waals surface area contributed by atoms with Gasteiger partial charge in [-0.15, -0.1) is 0 Å². The van der Waals surface area contributed by atoms with Crippen molar-refractivity contribution in [2.45, 2.75) is 0 Å². The maximum absolute atomic E-state index is 10.1. The number of guanidine groups is 1. The van der Waals surface area contributed by atoms with Gasteiger partial charge in [0.05, 0.1) is 0 Å². The summed E-state index contributed by atoms with van der Waals surface area (Å²) in [4.78, 5) is 5.10. The summed E-state index contributed by atoms with van der Waals surface area (Å²) in [5, 5.41) is 7.15. The van der Waals surface area contributed by atoms with E-state index in [1.807, 2.05) is 0 Å². The molecular formula is C5H6N4O2S. The first-order chi connectivity index (χ1) is 5.70. The van der Waals surface area contributed by atoms with E-state index in [1.54, 1.807) is 12.3 Å². The summed E-state index contributed by atoms with van der Waals surface area (Å²) >= 11 is 0. The van der Waals surface area contributed by atoms with Gasteiger partial charge in [-0.2, -0.15) is 8.42 Å². The Hall–Kier alpha value is -1.50. The molecule has 1 aliphatic rings. The highest BCUT2D eigenvalue weighted by atomic mass is 32.2. The lowest BCUT2D eigenvalue weighted by molar-refractivity contribution is 0.560. The second-order valence-electron chi connectivity index (χ2n) is 1.92. The average molecular weight is 186 g/mol. The molecule has 1 aliphatic heterocycles. The van der Waals surface area contributed by atoms with Crippen LogP contribution in [-0.4, -0.2) is 32.2 Å². The maximum atomic E-state index is 10.1. The molecule has 0 saturated heterocycles. The molecule has 0 aliphatic carbocycles. The summed E-state index contributed by atoms with van der Waals surface area (Å²) in [6, 6.07) is 0. The van der Waals surface area contributed by atoms with Crippen molar-refractivity contribution < 1.29 is 8.42 Å². The number of nitrogens with zero attached hydrogens (tertiary/aromatic N) is 3. The zero-order valence-corrected chi connectivity index (χ0v) is 6.82. The van der Waals surface area contributed by atoms with Crippen molar-refractivity contribution in [3.63, 3.8) is 0 Å². The first-order valence-corrected chi connectivity index (χ1v) is 4.06. The second kappa shape index (κ2) is 3.77. The zero-order valence-electron chi connectivity index (χ0n) is 6.01. The minimum Gasteiger partial charge on any atom is -0.297 e. The van der Waals surface area contributed by atoms with Crippen molar-refractivity contribution in [1.82, 2.24) is 4.90 Å². The molecule has 0 amide bonds. The van der Waals surface area contributed by atoms with Crippen molar-refractivity contribution >= 4 is 22.7 Å². The van der Waals surface area contributed by atoms with E-state index in [1.165, 1.54) is 11.1 Å². The third kappa shape index (κ3) is 2.27. The molecule has 0 spiro atoms. The van der Waals surface area contributed by atoms with Crippen LogP contribution < -0.4 is 0 Å². The molecule has 0 aromatic heterocycles. The van der Waals surface area contributed by atoms with E-state index in [4.69, 9.17) is 5.41 Å². The van der Waals surface area contributed by atoms with E-state index in [-0.39, 0.29) is 12.6 Å². The largest absolute Gasteiger partial charge is 0.319 e. The van der Waals surface area contributed by atoms with Gasteiger partial charge < -0.3 is 0 Å². The Kier molecular flexibility index (Phi) is 2.70. The monoisotopic (exact) mass is 186 g/mol. The molecule has 0 bridgehead atoms. The molecular weight excluding hydrogens is 180 g/mol. The van der Waals surface area contributed by atoms with E-state index in [9.17, 15) is 8.42 Å². The van der Waals surface area contributed by atoms with Crippen molar-refractivity contribution in [1.29, 1.82) is 5.41 Å². The highest BCUT2D eigenvalue weighted by Gasteiger charge is 2.05. The lowest BCUT2D eigenvalue weighted by Gasteiger charge is -2.15. The Labute approximate surface area is 70.4 Å². The number of hydrogen-bond donors (Lipinski definition) is 1. The van der Waals surface area contributed by atoms with Crippen LogP contribution in [0.4, 0.5) is 0 Å². The van der Waals surface area contributed by atoms with Gasteiger partial charge >= 0.3 is 10.5 Å². The Morgan fingerprint density at radius 3 is 2.92 bits per heavy atom. The average Bonchev–Trinajstić information content (AvgIpc) is 2.05. The molecule has 0 radical (unpaired) electrons. The summed E-state index contributed by atoms with van der Waals surface area (Å²) in [5.41, 5.74) is 0. The van der Waals surface area contributed by atoms with Gasteiger partial charge in [0.2, 0.25) is 5.96 Å². The predicted molar refractivity (Wildman–Crippen MR) is 43.4 cm³/mol. The van der Waals surface area contributed by atoms with E-state index < -0.39 is 10.5 Å². The molecule has 0 aromatic carbocycles. The van der Waals surface area contributed by atoms with Crippen LogP contribution in [0.15, 0.2) is 21.6 Å². The number of nitrogens with one attached hydrogen (secondary N) is 1. The first kappa shape index (κ1) is 8.60. The smallest absolute Gasteiger partial charge is 0.297 e. The fraction of sp³-hybridized carbons (Fsp3) is 0.200. The quantitative estimate of drug-likeness (QED) is 0.421. The first-order valence-electron chi connectivity index (χ1n) is 3.03. The fourth-order valence-electron chi connectivity index (χ4n) is 0.646. The van der Waals surface area contributed by atoms with E-state index in [2.05, 4.69) is 9.36 Å². The van der Waals surface area contributed by atoms with E-state index in [0.29, 0.717) is 0 Å². The van der Waals surface area contributed by atoms with Crippen LogP contribution in [0.1, 0.15) is 0 Å². The molecule has 0 unspecified atom stereocenters. The van der Waals surface area contributed by atoms with Gasteiger partial charge in [-0.3, -0.25) is 15.3 Å². The molecule has 1 heterocycles. The van der Waals surface area contributed by atoms with Crippen molar-refractivity contribution in [3.8, 4) is 0 Å². The SMILES string of the molecule is N=C(N=S(=O)=O)N1C=CC=NC1. The molecule has 0 fully saturated rings. The minimum absolute atomic E-state index is 0.232. The lowest BCUT2D eigenvalue weighted by Crippen LogP contribution is -2.24. The number of aliphatic imine (C=N–C) groups is 1. The van der Waals surface area contributed by atoms with Gasteiger partial charge in [-0.05, 0) is 6.08 Å². The van der Waals surface area contributed by atoms with Gasteiger partial charge in [-0.25, -0.2) is 0 Å². The summed E-state index contributed by atoms with van der Waals surface area (Å²) in [7, 11) is -2.57. The van der Waals surface area contributed by atoms with Gasteiger partial charge in [0.1, 0.15) is 6.67 Å². The van der Waals surface area contributed by atoms with Gasteiger partial charge in [0.15, 0.2) is 0 Å². The van der Waals surface area contributed by atoms with E-state index >= 15 is 0 Å². The van der Waals surface area contributed by atoms with Crippen LogP contribution in [0.3, 0.4) is 0 Å². The molecule has 1 N–H and O–H groups in total. The topological polar surface area (TPSA) is 85.9 Å². The van der Waals surface area contributed by atoms with Crippen LogP contribution in [0.2, 0.25) is 0 Å². The number of rotatable bonds is 0. The van der Waals surface area contributed by atoms with Crippen molar-refractivity contribution in [2.24, 2.45) is 9.36 Å². The molecule has 6 nitrogen and oxygen atoms in total. The van der Waals surface area contributed by atoms with Crippen LogP contribution in [0.5, 0.6) is 0 Å². The van der Waals surface area contributed by atoms with Crippen LogP contribution in [-0.2, 0) is 10.5 Å². The summed E-state index contributed by atoms with van der Waals surface area (Å²) in [6.07, 6.45) is 4.70. The Balaban J connectivity index is 2.72. The second-order valence-corrected chi connectivity index (χ2v) is 2.53. The van der Waals surface area contributed by atoms with Gasteiger partial charge in [-0.1, -0.05) is 4.36 Å². The molecule has 64 valence electrons. The summed E-state index contributed by atoms with van der Waals surface area (Å²) < 4.78 is 23.1. The standard InChI is InChI=1S/C5H6N4O2S/c6-5(8-12(10)11)9-3-1-2-7-4-9/h1-3,6H,4H2. The Bertz CT molecular complexity index is 359. The highest BCUT2D eigenvalue weighted by Crippen LogP contribution is 1.96. The fourth-order valence-corrected chi connectivity index (χ4v) is 0.892. The van der Waals surface area contributed by atoms with Gasteiger partial charge in [0, 0.05) is 12.4 Å². The lowest BCUT2D eigenvalue weighted by atomic mass is 10.5. The maximum Gasteiger partial charge on any atom is 0.319 e. The Morgan fingerprint density at radius 2 is 2.42 bits per heavy atom. The Morgan fingerprint density at radius 1 is 1.67 bits per heavy atom. The molecule has 7 heteroatoms. The number of hydrogen-bond acceptors (Lipinski definition) is 4. The summed E-state index contributed by atoms with van der Waals surface area (Å²) in [5.74, 6) is -0.337. The molecule has 0 saturated carbocycles. The van der Waals surface area contributed by atoms with Crippen molar-refractivity contribution in [3.05, 3.63) is 12.3 Å². The molecule has 12 heavy (non-hydrogen) atoms. The minimum atomic E-state index is -2.57. The third-order valence-electron chi connectivity index (χ3n) is 1.12. The zero-order chi connectivity index (χ0) is 8.97. The molecule has 0 atom stereocenters. The third-order valence-corrected chi connectivity index (χ3v) is 1.45. The normalized spacial score (nSPS) is 14.5. The van der Waals surface area contributed by atoms with Crippen molar-refractivity contribution in [2.75, 3.05) is 6.67 Å². The highest BCUT2D eigenvalue weighted by molar-refractivity contribution is 7.62. The number of allylic oxidation sites excluding steroid dienone is 1. The summed E-state index contributed by atoms with van der Waals surface area (Å²) in [6.45, 7) is 0.232. The van der Waals surface area contributed by atoms with Gasteiger partial charge in [0.25, 0.3) is 0 Å². The van der Waals surface area contributed by atoms with E-state index in [0.717, 1.165) is 0 Å². The molecule has 0 aromatic rings. The molecule has 1 rings (SSSR count). The van der Waals surface area contributed by atoms with Crippen LogP contribution >= 0.6 is 0 Å². The van der Waals surface area contributed by atoms with Crippen LogP contribution in [0, 0.1) is 5.41 Å². The van der Waals surface area contributed by atoms with Crippen LogP contribution in [0.25, 0.3) is 0 Å².